The van der Waals surface area contributed by atoms with Gasteiger partial charge in [0.15, 0.2) is 0 Å². The first kappa shape index (κ1) is 42.9. The molecule has 0 bridgehead atoms. The van der Waals surface area contributed by atoms with Gasteiger partial charge in [0.1, 0.15) is 0 Å². The molecule has 0 N–H and O–H groups in total. The number of anilines is 9. The molecule has 0 fully saturated rings. The highest BCUT2D eigenvalue weighted by atomic mass is 15.2. The third-order valence-electron chi connectivity index (χ3n) is 14.5. The maximum absolute atomic E-state index is 4.51. The summed E-state index contributed by atoms with van der Waals surface area (Å²) in [6.07, 6.45) is 3.75. The standard InChI is InChI=1S/C69H47N5/c1-5-19-51(20-6-1)71(52-21-7-2-8-22-52)55-35-37-56(38-36-55)74-67-40-33-49(48-18-15-27-57(44-48)72(53-23-9-3-10-24-53)58-28-17-43-70-47-58)45-64(67)62-31-16-30-61-59(39-42-68(74)69(61)62)50-34-41-66-63(46-50)60-29-13-14-32-65(60)73(66)54-25-11-4-12-26-54/h1-47H. The second-order valence-electron chi connectivity index (χ2n) is 18.8. The summed E-state index contributed by atoms with van der Waals surface area (Å²) < 4.78 is 2.39. The van der Waals surface area contributed by atoms with Crippen LogP contribution in [0.1, 0.15) is 0 Å². The van der Waals surface area contributed by atoms with E-state index in [-0.39, 0.29) is 0 Å². The molecule has 3 heterocycles. The van der Waals surface area contributed by atoms with Crippen LogP contribution in [0.4, 0.5) is 51.2 Å². The van der Waals surface area contributed by atoms with E-state index in [0.717, 1.165) is 68.0 Å². The summed E-state index contributed by atoms with van der Waals surface area (Å²) in [6.45, 7) is 0. The second kappa shape index (κ2) is 18.0. The zero-order valence-corrected chi connectivity index (χ0v) is 40.4. The van der Waals surface area contributed by atoms with E-state index >= 15 is 0 Å². The molecule has 0 spiro atoms. The number of nitrogens with zero attached hydrogens (tertiary/aromatic N) is 5. The van der Waals surface area contributed by atoms with Crippen LogP contribution in [0.5, 0.6) is 0 Å². The van der Waals surface area contributed by atoms with Crippen molar-refractivity contribution in [2.24, 2.45) is 0 Å². The lowest BCUT2D eigenvalue weighted by atomic mass is 9.86. The van der Waals surface area contributed by atoms with E-state index in [1.807, 2.05) is 18.5 Å². The van der Waals surface area contributed by atoms with E-state index in [2.05, 4.69) is 291 Å². The van der Waals surface area contributed by atoms with Crippen molar-refractivity contribution in [3.05, 3.63) is 285 Å². The van der Waals surface area contributed by atoms with Gasteiger partial charge in [-0.2, -0.15) is 0 Å². The maximum atomic E-state index is 4.51. The van der Waals surface area contributed by atoms with Crippen molar-refractivity contribution in [3.63, 3.8) is 0 Å². The highest BCUT2D eigenvalue weighted by Crippen LogP contribution is 2.54. The van der Waals surface area contributed by atoms with Crippen LogP contribution >= 0.6 is 0 Å². The molecule has 14 rings (SSSR count). The average Bonchev–Trinajstić information content (AvgIpc) is 3.81. The Kier molecular flexibility index (Phi) is 10.4. The Morgan fingerprint density at radius 1 is 0.297 bits per heavy atom. The quantitative estimate of drug-likeness (QED) is 0.137. The minimum atomic E-state index is 0.999. The number of para-hydroxylation sites is 5. The summed E-state index contributed by atoms with van der Waals surface area (Å²) in [7, 11) is 0. The van der Waals surface area contributed by atoms with E-state index in [4.69, 9.17) is 0 Å². The highest BCUT2D eigenvalue weighted by molar-refractivity contribution is 6.19. The van der Waals surface area contributed by atoms with Crippen molar-refractivity contribution in [2.75, 3.05) is 14.7 Å². The number of aromatic nitrogens is 2. The van der Waals surface area contributed by atoms with Gasteiger partial charge in [0.2, 0.25) is 0 Å². The molecule has 1 aliphatic heterocycles. The maximum Gasteiger partial charge on any atom is 0.0644 e. The SMILES string of the molecule is c1ccc(N(c2ccccc2)c2ccc(N3c4ccc(-c5cccc(N(c6ccccc6)c6cccnc6)c5)cc4-c4cccc5c(-c6ccc7c(c6)c6ccccc6n7-c6ccccc6)ccc3c45)cc2)cc1. The molecule has 74 heavy (non-hydrogen) atoms. The van der Waals surface area contributed by atoms with Crippen LogP contribution < -0.4 is 14.7 Å². The van der Waals surface area contributed by atoms with Gasteiger partial charge >= 0.3 is 0 Å². The van der Waals surface area contributed by atoms with Gasteiger partial charge in [-0.25, -0.2) is 0 Å². The molecule has 0 saturated carbocycles. The molecular formula is C69H47N5. The normalized spacial score (nSPS) is 11.8. The van der Waals surface area contributed by atoms with Crippen molar-refractivity contribution in [2.45, 2.75) is 0 Å². The van der Waals surface area contributed by atoms with Gasteiger partial charge in [-0.05, 0) is 167 Å². The van der Waals surface area contributed by atoms with Crippen molar-refractivity contribution >= 4 is 83.8 Å². The summed E-state index contributed by atoms with van der Waals surface area (Å²) in [4.78, 5) is 11.6. The van der Waals surface area contributed by atoms with Gasteiger partial charge < -0.3 is 19.3 Å². The zero-order chi connectivity index (χ0) is 49.0. The highest BCUT2D eigenvalue weighted by Gasteiger charge is 2.28. The Morgan fingerprint density at radius 3 is 1.58 bits per heavy atom. The van der Waals surface area contributed by atoms with E-state index in [1.165, 1.54) is 54.8 Å². The summed E-state index contributed by atoms with van der Waals surface area (Å²) in [5, 5.41) is 4.90. The lowest BCUT2D eigenvalue weighted by Gasteiger charge is -2.35. The monoisotopic (exact) mass is 945 g/mol. The van der Waals surface area contributed by atoms with E-state index in [1.54, 1.807) is 0 Å². The molecule has 348 valence electrons. The first-order chi connectivity index (χ1) is 36.7. The molecule has 5 nitrogen and oxygen atoms in total. The van der Waals surface area contributed by atoms with Crippen molar-refractivity contribution in [3.8, 4) is 39.1 Å². The predicted octanol–water partition coefficient (Wildman–Crippen LogP) is 19.1. The number of hydrogen-bond donors (Lipinski definition) is 0. The van der Waals surface area contributed by atoms with Crippen LogP contribution in [0.15, 0.2) is 285 Å². The largest absolute Gasteiger partial charge is 0.311 e. The van der Waals surface area contributed by atoms with E-state index < -0.39 is 0 Å². The molecule has 0 saturated heterocycles. The Labute approximate surface area is 430 Å². The summed E-state index contributed by atoms with van der Waals surface area (Å²) in [5.41, 5.74) is 20.4. The number of pyridine rings is 1. The van der Waals surface area contributed by atoms with Crippen LogP contribution in [-0.4, -0.2) is 9.55 Å². The lowest BCUT2D eigenvalue weighted by Crippen LogP contribution is -2.16. The molecule has 11 aromatic carbocycles. The molecule has 0 amide bonds. The van der Waals surface area contributed by atoms with Crippen LogP contribution in [0.3, 0.4) is 0 Å². The predicted molar refractivity (Wildman–Crippen MR) is 310 cm³/mol. The molecule has 0 unspecified atom stereocenters. The Hall–Kier alpha value is -9.97. The van der Waals surface area contributed by atoms with E-state index in [9.17, 15) is 0 Å². The smallest absolute Gasteiger partial charge is 0.0644 e. The topological polar surface area (TPSA) is 27.5 Å². The van der Waals surface area contributed by atoms with Gasteiger partial charge in [-0.1, -0.05) is 140 Å². The van der Waals surface area contributed by atoms with Crippen LogP contribution in [0.25, 0.3) is 71.6 Å². The van der Waals surface area contributed by atoms with Gasteiger partial charge in [0.05, 0.1) is 34.3 Å². The Balaban J connectivity index is 0.943. The third-order valence-corrected chi connectivity index (χ3v) is 14.5. The molecule has 5 heteroatoms. The Bertz CT molecular complexity index is 4100. The third kappa shape index (κ3) is 7.29. The van der Waals surface area contributed by atoms with Crippen LogP contribution in [-0.2, 0) is 0 Å². The molecule has 0 atom stereocenters. The van der Waals surface area contributed by atoms with Gasteiger partial charge in [-0.15, -0.1) is 0 Å². The number of fused-ring (bicyclic) bond motifs is 5. The molecule has 13 aromatic rings. The van der Waals surface area contributed by atoms with Crippen LogP contribution in [0, 0.1) is 0 Å². The Morgan fingerprint density at radius 2 is 0.865 bits per heavy atom. The zero-order valence-electron chi connectivity index (χ0n) is 40.4. The molecule has 0 radical (unpaired) electrons. The fourth-order valence-corrected chi connectivity index (χ4v) is 11.3. The fourth-order valence-electron chi connectivity index (χ4n) is 11.3. The average molecular weight is 946 g/mol. The van der Waals surface area contributed by atoms with Gasteiger partial charge in [0, 0.05) is 67.7 Å². The minimum absolute atomic E-state index is 0.999. The number of hydrogen-bond acceptors (Lipinski definition) is 4. The molecular weight excluding hydrogens is 899 g/mol. The minimum Gasteiger partial charge on any atom is -0.311 e. The number of rotatable bonds is 10. The van der Waals surface area contributed by atoms with Gasteiger partial charge in [0.25, 0.3) is 0 Å². The molecule has 0 aliphatic carbocycles. The summed E-state index contributed by atoms with van der Waals surface area (Å²) >= 11 is 0. The van der Waals surface area contributed by atoms with Crippen molar-refractivity contribution in [1.82, 2.24) is 9.55 Å². The first-order valence-electron chi connectivity index (χ1n) is 25.2. The van der Waals surface area contributed by atoms with Crippen molar-refractivity contribution < 1.29 is 0 Å². The molecule has 1 aliphatic rings. The van der Waals surface area contributed by atoms with Gasteiger partial charge in [-0.3, -0.25) is 4.98 Å². The molecule has 2 aromatic heterocycles. The van der Waals surface area contributed by atoms with Crippen molar-refractivity contribution in [1.29, 1.82) is 0 Å². The second-order valence-corrected chi connectivity index (χ2v) is 18.8. The summed E-state index contributed by atoms with van der Waals surface area (Å²) in [6, 6.07) is 98.7. The lowest BCUT2D eigenvalue weighted by molar-refractivity contribution is 1.18. The number of benzene rings is 11. The van der Waals surface area contributed by atoms with E-state index in [0.29, 0.717) is 0 Å². The fraction of sp³-hybridized carbons (Fsp3) is 0. The first-order valence-corrected chi connectivity index (χ1v) is 25.2. The summed E-state index contributed by atoms with van der Waals surface area (Å²) in [5.74, 6) is 0. The van der Waals surface area contributed by atoms with Crippen LogP contribution in [0.2, 0.25) is 0 Å².